The van der Waals surface area contributed by atoms with Crippen molar-refractivity contribution in [2.24, 2.45) is 0 Å². The Morgan fingerprint density at radius 3 is 2.40 bits per heavy atom. The van der Waals surface area contributed by atoms with Gasteiger partial charge in [-0.1, -0.05) is 39.0 Å². The van der Waals surface area contributed by atoms with Crippen molar-refractivity contribution in [1.29, 1.82) is 0 Å². The third kappa shape index (κ3) is 7.03. The zero-order valence-electron chi connectivity index (χ0n) is 9.62. The van der Waals surface area contributed by atoms with E-state index in [1.54, 1.807) is 11.8 Å². The fraction of sp³-hybridized carbons (Fsp3) is 0.417. The van der Waals surface area contributed by atoms with Crippen molar-refractivity contribution in [1.82, 2.24) is 0 Å². The normalized spacial score (nSPS) is 8.73. The number of hydrogen-bond donors (Lipinski definition) is 1. The molecule has 1 rings (SSSR count). The maximum absolute atomic E-state index is 11.2. The van der Waals surface area contributed by atoms with Crippen LogP contribution in [0.3, 0.4) is 0 Å². The van der Waals surface area contributed by atoms with Crippen LogP contribution in [-0.4, -0.2) is 17.4 Å². The fourth-order valence-corrected chi connectivity index (χ4v) is 1.38. The van der Waals surface area contributed by atoms with Gasteiger partial charge >= 0.3 is 0 Å². The standard InChI is InChI=1S/C10H13NOS.C2H6/c1-2-13-8-10(12)11-9-6-4-3-5-7-9;1-2/h3-7H,2,8H2,1H3,(H,11,12);1-2H3. The average Bonchev–Trinajstić information content (AvgIpc) is 2.30. The van der Waals surface area contributed by atoms with E-state index in [9.17, 15) is 4.79 Å². The molecule has 0 saturated heterocycles. The van der Waals surface area contributed by atoms with Gasteiger partial charge in [-0.15, -0.1) is 0 Å². The Bertz CT molecular complexity index is 262. The third-order valence-corrected chi connectivity index (χ3v) is 2.37. The number of carbonyl (C=O) groups excluding carboxylic acids is 1. The molecule has 0 radical (unpaired) electrons. The van der Waals surface area contributed by atoms with Crippen LogP contribution in [0.25, 0.3) is 0 Å². The molecule has 1 aromatic rings. The first-order chi connectivity index (χ1) is 7.33. The van der Waals surface area contributed by atoms with Crippen molar-refractivity contribution < 1.29 is 4.79 Å². The predicted molar refractivity (Wildman–Crippen MR) is 69.4 cm³/mol. The molecule has 1 amide bonds. The largest absolute Gasteiger partial charge is 0.325 e. The van der Waals surface area contributed by atoms with Crippen LogP contribution in [0.2, 0.25) is 0 Å². The molecule has 2 nitrogen and oxygen atoms in total. The van der Waals surface area contributed by atoms with E-state index in [1.807, 2.05) is 51.1 Å². The number of carbonyl (C=O) groups is 1. The Labute approximate surface area is 96.5 Å². The summed E-state index contributed by atoms with van der Waals surface area (Å²) in [5.74, 6) is 1.58. The molecule has 1 N–H and O–H groups in total. The van der Waals surface area contributed by atoms with Crippen LogP contribution >= 0.6 is 11.8 Å². The second-order valence-corrected chi connectivity index (χ2v) is 3.83. The van der Waals surface area contributed by atoms with E-state index in [2.05, 4.69) is 5.32 Å². The Morgan fingerprint density at radius 2 is 1.87 bits per heavy atom. The minimum atomic E-state index is 0.0676. The maximum atomic E-state index is 11.2. The molecule has 0 saturated carbocycles. The van der Waals surface area contributed by atoms with Gasteiger partial charge in [0.1, 0.15) is 0 Å². The van der Waals surface area contributed by atoms with E-state index in [0.29, 0.717) is 5.75 Å². The number of hydrogen-bond acceptors (Lipinski definition) is 2. The predicted octanol–water partition coefficient (Wildman–Crippen LogP) is 3.40. The highest BCUT2D eigenvalue weighted by atomic mass is 32.2. The SMILES string of the molecule is CC.CCSCC(=O)Nc1ccccc1. The summed E-state index contributed by atoms with van der Waals surface area (Å²) in [5, 5.41) is 2.82. The van der Waals surface area contributed by atoms with Crippen LogP contribution < -0.4 is 5.32 Å². The van der Waals surface area contributed by atoms with Gasteiger partial charge in [0.25, 0.3) is 0 Å². The van der Waals surface area contributed by atoms with E-state index < -0.39 is 0 Å². The topological polar surface area (TPSA) is 29.1 Å². The molecule has 15 heavy (non-hydrogen) atoms. The molecule has 0 bridgehead atoms. The Morgan fingerprint density at radius 1 is 1.27 bits per heavy atom. The molecule has 0 aliphatic heterocycles. The van der Waals surface area contributed by atoms with E-state index in [1.165, 1.54) is 0 Å². The monoisotopic (exact) mass is 225 g/mol. The minimum Gasteiger partial charge on any atom is -0.325 e. The summed E-state index contributed by atoms with van der Waals surface area (Å²) in [4.78, 5) is 11.2. The summed E-state index contributed by atoms with van der Waals surface area (Å²) >= 11 is 1.62. The summed E-state index contributed by atoms with van der Waals surface area (Å²) in [6.45, 7) is 6.04. The smallest absolute Gasteiger partial charge is 0.234 e. The second-order valence-electron chi connectivity index (χ2n) is 2.55. The number of amides is 1. The molecule has 0 spiro atoms. The second kappa shape index (κ2) is 9.59. The number of para-hydroxylation sites is 1. The first-order valence-electron chi connectivity index (χ1n) is 5.25. The van der Waals surface area contributed by atoms with Gasteiger partial charge in [-0.25, -0.2) is 0 Å². The molecule has 1 aromatic carbocycles. The van der Waals surface area contributed by atoms with Gasteiger partial charge < -0.3 is 5.32 Å². The maximum Gasteiger partial charge on any atom is 0.234 e. The van der Waals surface area contributed by atoms with Crippen molar-refractivity contribution >= 4 is 23.4 Å². The highest BCUT2D eigenvalue weighted by Gasteiger charge is 1.99. The summed E-state index contributed by atoms with van der Waals surface area (Å²) in [7, 11) is 0. The van der Waals surface area contributed by atoms with Gasteiger partial charge in [0.15, 0.2) is 0 Å². The van der Waals surface area contributed by atoms with Crippen LogP contribution in [0, 0.1) is 0 Å². The van der Waals surface area contributed by atoms with Crippen LogP contribution in [0.15, 0.2) is 30.3 Å². The van der Waals surface area contributed by atoms with Crippen molar-refractivity contribution in [2.75, 3.05) is 16.8 Å². The molecule has 0 aromatic heterocycles. The van der Waals surface area contributed by atoms with Gasteiger partial charge in [0, 0.05) is 5.69 Å². The highest BCUT2D eigenvalue weighted by Crippen LogP contribution is 2.06. The van der Waals surface area contributed by atoms with Crippen molar-refractivity contribution in [3.63, 3.8) is 0 Å². The molecular weight excluding hydrogens is 206 g/mol. The zero-order valence-corrected chi connectivity index (χ0v) is 10.4. The molecule has 0 aliphatic carbocycles. The third-order valence-electron chi connectivity index (χ3n) is 1.49. The molecule has 0 fully saturated rings. The van der Waals surface area contributed by atoms with Gasteiger partial charge in [-0.05, 0) is 17.9 Å². The Hall–Kier alpha value is -0.960. The van der Waals surface area contributed by atoms with Gasteiger partial charge in [-0.2, -0.15) is 11.8 Å². The first kappa shape index (κ1) is 14.0. The Kier molecular flexibility index (Phi) is 8.98. The van der Waals surface area contributed by atoms with E-state index >= 15 is 0 Å². The molecule has 3 heteroatoms. The summed E-state index contributed by atoms with van der Waals surface area (Å²) in [6.07, 6.45) is 0. The minimum absolute atomic E-state index is 0.0676. The zero-order chi connectivity index (χ0) is 11.5. The highest BCUT2D eigenvalue weighted by molar-refractivity contribution is 7.99. The fourth-order valence-electron chi connectivity index (χ4n) is 0.913. The van der Waals surface area contributed by atoms with Crippen LogP contribution in [0.1, 0.15) is 20.8 Å². The van der Waals surface area contributed by atoms with Crippen LogP contribution in [-0.2, 0) is 4.79 Å². The van der Waals surface area contributed by atoms with Crippen LogP contribution in [0.5, 0.6) is 0 Å². The van der Waals surface area contributed by atoms with Gasteiger partial charge in [-0.3, -0.25) is 4.79 Å². The number of rotatable bonds is 4. The molecule has 0 aliphatic rings. The summed E-state index contributed by atoms with van der Waals surface area (Å²) in [6, 6.07) is 9.50. The quantitative estimate of drug-likeness (QED) is 0.851. The van der Waals surface area contributed by atoms with Crippen molar-refractivity contribution in [3.8, 4) is 0 Å². The Balaban J connectivity index is 0.000000921. The number of benzene rings is 1. The summed E-state index contributed by atoms with van der Waals surface area (Å²) < 4.78 is 0. The number of thioether (sulfide) groups is 1. The van der Waals surface area contributed by atoms with Gasteiger partial charge in [0.2, 0.25) is 5.91 Å². The average molecular weight is 225 g/mol. The van der Waals surface area contributed by atoms with Gasteiger partial charge in [0.05, 0.1) is 5.75 Å². The van der Waals surface area contributed by atoms with Crippen LogP contribution in [0.4, 0.5) is 5.69 Å². The van der Waals surface area contributed by atoms with E-state index in [-0.39, 0.29) is 5.91 Å². The lowest BCUT2D eigenvalue weighted by Crippen LogP contribution is -2.13. The summed E-state index contributed by atoms with van der Waals surface area (Å²) in [5.41, 5.74) is 0.865. The number of nitrogens with one attached hydrogen (secondary N) is 1. The van der Waals surface area contributed by atoms with Crippen molar-refractivity contribution in [3.05, 3.63) is 30.3 Å². The lowest BCUT2D eigenvalue weighted by molar-refractivity contribution is -0.113. The van der Waals surface area contributed by atoms with E-state index in [4.69, 9.17) is 0 Å². The molecular formula is C12H19NOS. The van der Waals surface area contributed by atoms with Crippen molar-refractivity contribution in [2.45, 2.75) is 20.8 Å². The lowest BCUT2D eigenvalue weighted by Gasteiger charge is -2.03. The molecule has 84 valence electrons. The number of anilines is 1. The first-order valence-corrected chi connectivity index (χ1v) is 6.41. The molecule has 0 atom stereocenters. The van der Waals surface area contributed by atoms with E-state index in [0.717, 1.165) is 11.4 Å². The molecule has 0 unspecified atom stereocenters. The molecule has 0 heterocycles. The lowest BCUT2D eigenvalue weighted by atomic mass is 10.3.